The molecule has 1 N–H and O–H groups in total. The van der Waals surface area contributed by atoms with E-state index in [1.165, 1.54) is 5.57 Å². The van der Waals surface area contributed by atoms with Crippen LogP contribution >= 0.6 is 0 Å². The zero-order valence-electron chi connectivity index (χ0n) is 7.73. The van der Waals surface area contributed by atoms with Gasteiger partial charge in [-0.3, -0.25) is 4.99 Å². The van der Waals surface area contributed by atoms with Crippen molar-refractivity contribution in [3.05, 3.63) is 23.9 Å². The van der Waals surface area contributed by atoms with Crippen molar-refractivity contribution < 1.29 is 0 Å². The van der Waals surface area contributed by atoms with Gasteiger partial charge in [-0.1, -0.05) is 12.2 Å². The second-order valence-electron chi connectivity index (χ2n) is 2.55. The topological polar surface area (TPSA) is 24.4 Å². The lowest BCUT2D eigenvalue weighted by atomic mass is 10.2. The molecule has 0 aromatic carbocycles. The van der Waals surface area contributed by atoms with Crippen molar-refractivity contribution in [2.75, 3.05) is 7.05 Å². The molecule has 0 aromatic rings. The Morgan fingerprint density at radius 1 is 1.36 bits per heavy atom. The van der Waals surface area contributed by atoms with E-state index in [2.05, 4.69) is 16.9 Å². The molecule has 0 saturated heterocycles. The van der Waals surface area contributed by atoms with Gasteiger partial charge in [0.15, 0.2) is 0 Å². The van der Waals surface area contributed by atoms with Gasteiger partial charge in [0.25, 0.3) is 0 Å². The molecule has 0 heterocycles. The Balaban J connectivity index is 4.35. The summed E-state index contributed by atoms with van der Waals surface area (Å²) < 4.78 is 0. The van der Waals surface area contributed by atoms with Crippen LogP contribution in [0.1, 0.15) is 20.8 Å². The highest BCUT2D eigenvalue weighted by atomic mass is 15.0. The summed E-state index contributed by atoms with van der Waals surface area (Å²) in [6.45, 7) is 9.69. The van der Waals surface area contributed by atoms with Gasteiger partial charge in [-0.15, -0.1) is 0 Å². The second kappa shape index (κ2) is 4.72. The Bertz CT molecular complexity index is 196. The molecule has 11 heavy (non-hydrogen) atoms. The highest BCUT2D eigenvalue weighted by Gasteiger charge is 1.93. The number of rotatable bonds is 2. The third kappa shape index (κ3) is 3.61. The van der Waals surface area contributed by atoms with E-state index in [-0.39, 0.29) is 0 Å². The number of nitrogens with one attached hydrogen (secondary N) is 1. The van der Waals surface area contributed by atoms with Crippen molar-refractivity contribution >= 4 is 5.84 Å². The molecule has 0 saturated carbocycles. The van der Waals surface area contributed by atoms with E-state index in [4.69, 9.17) is 0 Å². The van der Waals surface area contributed by atoms with Crippen LogP contribution in [0.15, 0.2) is 28.9 Å². The summed E-state index contributed by atoms with van der Waals surface area (Å²) in [7, 11) is 1.76. The van der Waals surface area contributed by atoms with Gasteiger partial charge in [0.1, 0.15) is 0 Å². The molecule has 0 fully saturated rings. The molecule has 0 bridgehead atoms. The fourth-order valence-corrected chi connectivity index (χ4v) is 0.631. The largest absolute Gasteiger partial charge is 0.344 e. The third-order valence-electron chi connectivity index (χ3n) is 1.39. The maximum Gasteiger partial charge on any atom is 0.0972 e. The van der Waals surface area contributed by atoms with Gasteiger partial charge in [-0.25, -0.2) is 0 Å². The van der Waals surface area contributed by atoms with Crippen molar-refractivity contribution in [3.63, 3.8) is 0 Å². The van der Waals surface area contributed by atoms with Gasteiger partial charge in [0.05, 0.1) is 5.84 Å². The number of nitrogens with zero attached hydrogens (tertiary/aromatic N) is 1. The van der Waals surface area contributed by atoms with Crippen molar-refractivity contribution in [2.45, 2.75) is 20.8 Å². The lowest BCUT2D eigenvalue weighted by Gasteiger charge is -2.07. The highest BCUT2D eigenvalue weighted by molar-refractivity contribution is 5.81. The van der Waals surface area contributed by atoms with Crippen LogP contribution in [0.3, 0.4) is 0 Å². The molecule has 0 atom stereocenters. The molecular formula is C9H16N2. The molecule has 0 aliphatic rings. The average molecular weight is 152 g/mol. The van der Waals surface area contributed by atoms with E-state index in [9.17, 15) is 0 Å². The van der Waals surface area contributed by atoms with Crippen LogP contribution in [0.4, 0.5) is 0 Å². The van der Waals surface area contributed by atoms with Crippen molar-refractivity contribution in [1.29, 1.82) is 0 Å². The van der Waals surface area contributed by atoms with Crippen LogP contribution in [0.5, 0.6) is 0 Å². The summed E-state index contributed by atoms with van der Waals surface area (Å²) in [4.78, 5) is 3.98. The molecule has 0 spiro atoms. The minimum absolute atomic E-state index is 0.904. The molecule has 0 radical (unpaired) electrons. The van der Waals surface area contributed by atoms with Crippen molar-refractivity contribution in [3.8, 4) is 0 Å². The summed E-state index contributed by atoms with van der Waals surface area (Å²) in [5, 5.41) is 3.13. The number of hydrogen-bond acceptors (Lipinski definition) is 1. The van der Waals surface area contributed by atoms with E-state index in [0.717, 1.165) is 11.5 Å². The standard InChI is InChI=1S/C9H16N2/c1-6-9(7(2)3)11-8(4)10-5/h6H,1H2,2-5H3,(H,10,11). The second-order valence-corrected chi connectivity index (χ2v) is 2.55. The maximum absolute atomic E-state index is 3.98. The summed E-state index contributed by atoms with van der Waals surface area (Å²) in [5.41, 5.74) is 2.25. The van der Waals surface area contributed by atoms with Crippen LogP contribution in [0.25, 0.3) is 0 Å². The number of amidine groups is 1. The molecule has 62 valence electrons. The Morgan fingerprint density at radius 2 is 1.91 bits per heavy atom. The first-order valence-electron chi connectivity index (χ1n) is 3.62. The predicted molar refractivity (Wildman–Crippen MR) is 50.7 cm³/mol. The Morgan fingerprint density at radius 3 is 2.18 bits per heavy atom. The maximum atomic E-state index is 3.98. The summed E-state index contributed by atoms with van der Waals surface area (Å²) in [5.74, 6) is 0.904. The van der Waals surface area contributed by atoms with E-state index in [1.807, 2.05) is 20.8 Å². The molecule has 2 heteroatoms. The zero-order chi connectivity index (χ0) is 8.85. The average Bonchev–Trinajstić information content (AvgIpc) is 1.99. The third-order valence-corrected chi connectivity index (χ3v) is 1.39. The van der Waals surface area contributed by atoms with Crippen LogP contribution in [-0.4, -0.2) is 12.9 Å². The monoisotopic (exact) mass is 152 g/mol. The fraction of sp³-hybridized carbons (Fsp3) is 0.444. The Hall–Kier alpha value is -1.05. The molecule has 0 amide bonds. The lowest BCUT2D eigenvalue weighted by molar-refractivity contribution is 1.10. The van der Waals surface area contributed by atoms with Crippen molar-refractivity contribution in [2.24, 2.45) is 4.99 Å². The Kier molecular flexibility index (Phi) is 4.27. The van der Waals surface area contributed by atoms with Crippen LogP contribution in [-0.2, 0) is 0 Å². The minimum Gasteiger partial charge on any atom is -0.344 e. The number of allylic oxidation sites excluding steroid dienone is 2. The molecule has 0 rings (SSSR count). The fourth-order valence-electron chi connectivity index (χ4n) is 0.631. The van der Waals surface area contributed by atoms with Crippen molar-refractivity contribution in [1.82, 2.24) is 5.32 Å². The van der Waals surface area contributed by atoms with Crippen LogP contribution in [0.2, 0.25) is 0 Å². The lowest BCUT2D eigenvalue weighted by Crippen LogP contribution is -2.19. The van der Waals surface area contributed by atoms with Gasteiger partial charge in [0, 0.05) is 12.7 Å². The SMILES string of the molecule is C=CC(NC(C)=NC)=C(C)C. The Labute approximate surface area is 68.7 Å². The van der Waals surface area contributed by atoms with Gasteiger partial charge in [0.2, 0.25) is 0 Å². The smallest absolute Gasteiger partial charge is 0.0972 e. The summed E-state index contributed by atoms with van der Waals surface area (Å²) >= 11 is 0. The van der Waals surface area contributed by atoms with E-state index in [1.54, 1.807) is 13.1 Å². The zero-order valence-corrected chi connectivity index (χ0v) is 7.73. The molecule has 2 nitrogen and oxygen atoms in total. The first-order valence-corrected chi connectivity index (χ1v) is 3.62. The summed E-state index contributed by atoms with van der Waals surface area (Å²) in [6.07, 6.45) is 1.80. The van der Waals surface area contributed by atoms with Gasteiger partial charge >= 0.3 is 0 Å². The minimum atomic E-state index is 0.904. The van der Waals surface area contributed by atoms with Gasteiger partial charge in [-0.05, 0) is 26.8 Å². The molecule has 0 aromatic heterocycles. The van der Waals surface area contributed by atoms with Gasteiger partial charge < -0.3 is 5.32 Å². The normalized spacial score (nSPS) is 10.7. The molecular weight excluding hydrogens is 136 g/mol. The van der Waals surface area contributed by atoms with E-state index >= 15 is 0 Å². The van der Waals surface area contributed by atoms with E-state index < -0.39 is 0 Å². The van der Waals surface area contributed by atoms with Crippen LogP contribution < -0.4 is 5.32 Å². The predicted octanol–water partition coefficient (Wildman–Crippen LogP) is 2.10. The highest BCUT2D eigenvalue weighted by Crippen LogP contribution is 1.99. The molecule has 0 aliphatic carbocycles. The first-order chi connectivity index (χ1) is 5.11. The number of hydrogen-bond donors (Lipinski definition) is 1. The quantitative estimate of drug-likeness (QED) is 0.366. The molecule has 0 unspecified atom stereocenters. The van der Waals surface area contributed by atoms with Crippen LogP contribution in [0, 0.1) is 0 Å². The van der Waals surface area contributed by atoms with E-state index in [0.29, 0.717) is 0 Å². The summed E-state index contributed by atoms with van der Waals surface area (Å²) in [6, 6.07) is 0. The first kappa shape index (κ1) is 9.95. The van der Waals surface area contributed by atoms with Gasteiger partial charge in [-0.2, -0.15) is 0 Å². The number of aliphatic imine (C=N–C) groups is 1. The molecule has 0 aliphatic heterocycles.